The lowest BCUT2D eigenvalue weighted by atomic mass is 9.94. The van der Waals surface area contributed by atoms with E-state index in [0.29, 0.717) is 6.04 Å². The van der Waals surface area contributed by atoms with E-state index in [9.17, 15) is 0 Å². The summed E-state index contributed by atoms with van der Waals surface area (Å²) in [5.74, 6) is 2.53. The summed E-state index contributed by atoms with van der Waals surface area (Å²) in [6.45, 7) is 0. The monoisotopic (exact) mass is 277 g/mol. The Morgan fingerprint density at radius 1 is 1.15 bits per heavy atom. The first-order valence-corrected chi connectivity index (χ1v) is 7.65. The molecular weight excluding hydrogens is 250 g/mol. The van der Waals surface area contributed by atoms with Crippen molar-refractivity contribution in [2.75, 3.05) is 21.3 Å². The van der Waals surface area contributed by atoms with Crippen LogP contribution in [0.25, 0.3) is 0 Å². The Bertz CT molecular complexity index is 413. The topological polar surface area (TPSA) is 30.5 Å². The zero-order chi connectivity index (χ0) is 14.4. The average Bonchev–Trinajstić information content (AvgIpc) is 2.99. The van der Waals surface area contributed by atoms with E-state index in [1.165, 1.54) is 37.7 Å². The minimum atomic E-state index is 0.552. The maximum absolute atomic E-state index is 5.38. The van der Waals surface area contributed by atoms with Crippen molar-refractivity contribution >= 4 is 0 Å². The molecule has 1 N–H and O–H groups in total. The minimum Gasteiger partial charge on any atom is -0.493 e. The van der Waals surface area contributed by atoms with Crippen LogP contribution in [-0.2, 0) is 6.42 Å². The van der Waals surface area contributed by atoms with Gasteiger partial charge in [0, 0.05) is 6.04 Å². The van der Waals surface area contributed by atoms with Gasteiger partial charge in [-0.05, 0) is 43.5 Å². The highest BCUT2D eigenvalue weighted by molar-refractivity contribution is 5.43. The molecule has 1 aromatic rings. The molecule has 1 aliphatic carbocycles. The normalized spacial score (nSPS) is 17.1. The van der Waals surface area contributed by atoms with Crippen LogP contribution >= 0.6 is 0 Å². The minimum absolute atomic E-state index is 0.552. The standard InChI is InChI=1S/C17H27NO2/c1-18-15(10-13-6-4-5-7-13)11-14-8-9-16(19-2)17(12-14)20-3/h8-9,12-13,15,18H,4-7,10-11H2,1-3H3. The highest BCUT2D eigenvalue weighted by Crippen LogP contribution is 2.31. The largest absolute Gasteiger partial charge is 0.493 e. The molecule has 0 aliphatic heterocycles. The third kappa shape index (κ3) is 3.89. The predicted octanol–water partition coefficient (Wildman–Crippen LogP) is 3.41. The van der Waals surface area contributed by atoms with Gasteiger partial charge in [0.25, 0.3) is 0 Å². The molecule has 3 heteroatoms. The van der Waals surface area contributed by atoms with Crippen LogP contribution in [0.3, 0.4) is 0 Å². The fourth-order valence-electron chi connectivity index (χ4n) is 3.24. The van der Waals surface area contributed by atoms with E-state index in [1.54, 1.807) is 14.2 Å². The molecule has 0 bridgehead atoms. The third-order valence-corrected chi connectivity index (χ3v) is 4.43. The number of ether oxygens (including phenoxy) is 2. The number of benzene rings is 1. The number of methoxy groups -OCH3 is 2. The van der Waals surface area contributed by atoms with E-state index < -0.39 is 0 Å². The van der Waals surface area contributed by atoms with E-state index in [2.05, 4.69) is 24.5 Å². The first-order chi connectivity index (χ1) is 9.76. The second kappa shape index (κ2) is 7.53. The van der Waals surface area contributed by atoms with Gasteiger partial charge in [-0.3, -0.25) is 0 Å². The van der Waals surface area contributed by atoms with Gasteiger partial charge in [0.1, 0.15) is 0 Å². The Morgan fingerprint density at radius 3 is 2.45 bits per heavy atom. The number of hydrogen-bond donors (Lipinski definition) is 1. The van der Waals surface area contributed by atoms with Crippen LogP contribution in [0.15, 0.2) is 18.2 Å². The number of likely N-dealkylation sites (N-methyl/N-ethyl adjacent to an activating group) is 1. The summed E-state index contributed by atoms with van der Waals surface area (Å²) < 4.78 is 10.7. The molecule has 20 heavy (non-hydrogen) atoms. The second-order valence-corrected chi connectivity index (χ2v) is 5.77. The molecule has 1 fully saturated rings. The highest BCUT2D eigenvalue weighted by atomic mass is 16.5. The van der Waals surface area contributed by atoms with Crippen molar-refractivity contribution in [2.45, 2.75) is 44.6 Å². The van der Waals surface area contributed by atoms with Gasteiger partial charge in [0.05, 0.1) is 14.2 Å². The first kappa shape index (κ1) is 15.2. The SMILES string of the molecule is CNC(Cc1ccc(OC)c(OC)c1)CC1CCCC1. The van der Waals surface area contributed by atoms with E-state index in [0.717, 1.165) is 23.8 Å². The molecule has 0 radical (unpaired) electrons. The quantitative estimate of drug-likeness (QED) is 0.828. The van der Waals surface area contributed by atoms with Crippen LogP contribution in [0.5, 0.6) is 11.5 Å². The van der Waals surface area contributed by atoms with Crippen LogP contribution in [0.1, 0.15) is 37.7 Å². The zero-order valence-electron chi connectivity index (χ0n) is 12.9. The first-order valence-electron chi connectivity index (χ1n) is 7.65. The Morgan fingerprint density at radius 2 is 1.85 bits per heavy atom. The van der Waals surface area contributed by atoms with Crippen molar-refractivity contribution in [1.82, 2.24) is 5.32 Å². The molecule has 0 heterocycles. The van der Waals surface area contributed by atoms with Crippen molar-refractivity contribution in [1.29, 1.82) is 0 Å². The lowest BCUT2D eigenvalue weighted by molar-refractivity contribution is 0.353. The van der Waals surface area contributed by atoms with Crippen molar-refractivity contribution in [2.24, 2.45) is 5.92 Å². The Hall–Kier alpha value is -1.22. The zero-order valence-corrected chi connectivity index (χ0v) is 12.9. The van der Waals surface area contributed by atoms with Gasteiger partial charge >= 0.3 is 0 Å². The van der Waals surface area contributed by atoms with Crippen LogP contribution in [-0.4, -0.2) is 27.3 Å². The van der Waals surface area contributed by atoms with Gasteiger partial charge in [-0.15, -0.1) is 0 Å². The Balaban J connectivity index is 1.99. The molecule has 112 valence electrons. The summed E-state index contributed by atoms with van der Waals surface area (Å²) in [7, 11) is 5.43. The van der Waals surface area contributed by atoms with Crippen LogP contribution in [0.2, 0.25) is 0 Å². The molecule has 1 unspecified atom stereocenters. The summed E-state index contributed by atoms with van der Waals surface area (Å²) in [5.41, 5.74) is 1.31. The fourth-order valence-corrected chi connectivity index (χ4v) is 3.24. The molecule has 0 aromatic heterocycles. The fraction of sp³-hybridized carbons (Fsp3) is 0.647. The van der Waals surface area contributed by atoms with Gasteiger partial charge in [-0.25, -0.2) is 0 Å². The molecule has 3 nitrogen and oxygen atoms in total. The van der Waals surface area contributed by atoms with Gasteiger partial charge in [0.15, 0.2) is 11.5 Å². The Labute approximate surface area is 122 Å². The lowest BCUT2D eigenvalue weighted by Gasteiger charge is -2.20. The van der Waals surface area contributed by atoms with E-state index in [-0.39, 0.29) is 0 Å². The van der Waals surface area contributed by atoms with E-state index in [1.807, 2.05) is 6.07 Å². The molecular formula is C17H27NO2. The van der Waals surface area contributed by atoms with E-state index in [4.69, 9.17) is 9.47 Å². The van der Waals surface area contributed by atoms with Gasteiger partial charge in [-0.2, -0.15) is 0 Å². The molecule has 1 aromatic carbocycles. The van der Waals surface area contributed by atoms with Crippen LogP contribution in [0.4, 0.5) is 0 Å². The number of hydrogen-bond acceptors (Lipinski definition) is 3. The summed E-state index contributed by atoms with van der Waals surface area (Å²) in [6, 6.07) is 6.78. The number of rotatable bonds is 7. The maximum atomic E-state index is 5.38. The summed E-state index contributed by atoms with van der Waals surface area (Å²) in [4.78, 5) is 0. The molecule has 1 atom stereocenters. The van der Waals surface area contributed by atoms with Crippen molar-refractivity contribution < 1.29 is 9.47 Å². The third-order valence-electron chi connectivity index (χ3n) is 4.43. The smallest absolute Gasteiger partial charge is 0.160 e. The van der Waals surface area contributed by atoms with Crippen molar-refractivity contribution in [3.63, 3.8) is 0 Å². The number of nitrogens with one attached hydrogen (secondary N) is 1. The van der Waals surface area contributed by atoms with Gasteiger partial charge in [0.2, 0.25) is 0 Å². The summed E-state index contributed by atoms with van der Waals surface area (Å²) in [5, 5.41) is 3.47. The van der Waals surface area contributed by atoms with E-state index >= 15 is 0 Å². The maximum Gasteiger partial charge on any atom is 0.160 e. The Kier molecular flexibility index (Phi) is 5.72. The second-order valence-electron chi connectivity index (χ2n) is 5.77. The predicted molar refractivity (Wildman–Crippen MR) is 82.7 cm³/mol. The highest BCUT2D eigenvalue weighted by Gasteiger charge is 2.19. The van der Waals surface area contributed by atoms with Crippen LogP contribution in [0, 0.1) is 5.92 Å². The average molecular weight is 277 g/mol. The van der Waals surface area contributed by atoms with Gasteiger partial charge < -0.3 is 14.8 Å². The molecule has 1 aliphatic rings. The summed E-state index contributed by atoms with van der Waals surface area (Å²) in [6.07, 6.45) is 7.97. The van der Waals surface area contributed by atoms with Crippen LogP contribution < -0.4 is 14.8 Å². The molecule has 0 saturated heterocycles. The molecule has 1 saturated carbocycles. The summed E-state index contributed by atoms with van der Waals surface area (Å²) >= 11 is 0. The molecule has 2 rings (SSSR count). The van der Waals surface area contributed by atoms with Gasteiger partial charge in [-0.1, -0.05) is 31.7 Å². The molecule has 0 spiro atoms. The molecule has 0 amide bonds. The van der Waals surface area contributed by atoms with Crippen molar-refractivity contribution in [3.8, 4) is 11.5 Å². The van der Waals surface area contributed by atoms with Crippen molar-refractivity contribution in [3.05, 3.63) is 23.8 Å². The lowest BCUT2D eigenvalue weighted by Crippen LogP contribution is -2.29.